The van der Waals surface area contributed by atoms with E-state index < -0.39 is 16.1 Å². The van der Waals surface area contributed by atoms with Gasteiger partial charge in [0.15, 0.2) is 5.13 Å². The van der Waals surface area contributed by atoms with Gasteiger partial charge in [0.25, 0.3) is 0 Å². The molecule has 1 aromatic carbocycles. The van der Waals surface area contributed by atoms with E-state index in [0.717, 1.165) is 37.8 Å². The van der Waals surface area contributed by atoms with Crippen molar-refractivity contribution < 1.29 is 13.2 Å². The number of sulfonamides is 1. The smallest absolute Gasteiger partial charge is 0.244 e. The third kappa shape index (κ3) is 3.86. The number of hydrogen-bond acceptors (Lipinski definition) is 5. The van der Waals surface area contributed by atoms with Crippen LogP contribution in [0, 0.1) is 5.92 Å². The van der Waals surface area contributed by atoms with Gasteiger partial charge in [0, 0.05) is 11.4 Å². The fourth-order valence-corrected chi connectivity index (χ4v) is 6.82. The lowest BCUT2D eigenvalue weighted by Gasteiger charge is -2.33. The molecule has 1 N–H and O–H groups in total. The SMILES string of the molecule is C[C@H]1CCc2nc(NC(=O)[C@H]3CCCCN3S(=O)(=O)c3ccccc3)sc2C1. The van der Waals surface area contributed by atoms with Crippen molar-refractivity contribution in [3.8, 4) is 0 Å². The minimum atomic E-state index is -3.70. The number of carbonyl (C=O) groups excluding carboxylic acids is 1. The van der Waals surface area contributed by atoms with Crippen molar-refractivity contribution in [2.45, 2.75) is 56.4 Å². The summed E-state index contributed by atoms with van der Waals surface area (Å²) in [7, 11) is -3.70. The summed E-state index contributed by atoms with van der Waals surface area (Å²) < 4.78 is 27.5. The number of rotatable bonds is 4. The monoisotopic (exact) mass is 419 g/mol. The summed E-state index contributed by atoms with van der Waals surface area (Å²) >= 11 is 1.53. The van der Waals surface area contributed by atoms with Gasteiger partial charge in [0.1, 0.15) is 6.04 Å². The summed E-state index contributed by atoms with van der Waals surface area (Å²) in [6, 6.07) is 7.65. The van der Waals surface area contributed by atoms with Gasteiger partial charge in [-0.3, -0.25) is 4.79 Å². The molecule has 1 saturated heterocycles. The number of benzene rings is 1. The van der Waals surface area contributed by atoms with Gasteiger partial charge in [-0.25, -0.2) is 13.4 Å². The Morgan fingerprint density at radius 2 is 2.00 bits per heavy atom. The van der Waals surface area contributed by atoms with Crippen LogP contribution in [0.25, 0.3) is 0 Å². The molecule has 6 nitrogen and oxygen atoms in total. The molecule has 4 rings (SSSR count). The molecule has 2 atom stereocenters. The second-order valence-electron chi connectivity index (χ2n) is 7.67. The minimum Gasteiger partial charge on any atom is -0.301 e. The number of fused-ring (bicyclic) bond motifs is 1. The first-order valence-electron chi connectivity index (χ1n) is 9.81. The Bertz CT molecular complexity index is 956. The van der Waals surface area contributed by atoms with Crippen molar-refractivity contribution >= 4 is 32.4 Å². The van der Waals surface area contributed by atoms with Gasteiger partial charge in [0.05, 0.1) is 10.6 Å². The predicted octanol–water partition coefficient (Wildman–Crippen LogP) is 3.45. The average molecular weight is 420 g/mol. The van der Waals surface area contributed by atoms with E-state index in [1.165, 1.54) is 20.5 Å². The van der Waals surface area contributed by atoms with Crippen molar-refractivity contribution in [3.05, 3.63) is 40.9 Å². The van der Waals surface area contributed by atoms with Crippen LogP contribution >= 0.6 is 11.3 Å². The number of piperidine rings is 1. The molecule has 2 aromatic rings. The highest BCUT2D eigenvalue weighted by atomic mass is 32.2. The molecule has 0 saturated carbocycles. The lowest BCUT2D eigenvalue weighted by Crippen LogP contribution is -2.49. The Morgan fingerprint density at radius 1 is 1.21 bits per heavy atom. The molecule has 2 aliphatic rings. The third-order valence-corrected chi connectivity index (χ3v) is 8.48. The predicted molar refractivity (Wildman–Crippen MR) is 110 cm³/mol. The lowest BCUT2D eigenvalue weighted by molar-refractivity contribution is -0.120. The van der Waals surface area contributed by atoms with Crippen molar-refractivity contribution in [1.82, 2.24) is 9.29 Å². The van der Waals surface area contributed by atoms with E-state index in [2.05, 4.69) is 17.2 Å². The van der Waals surface area contributed by atoms with E-state index in [0.29, 0.717) is 24.0 Å². The van der Waals surface area contributed by atoms with E-state index in [1.54, 1.807) is 30.3 Å². The van der Waals surface area contributed by atoms with Crippen LogP contribution < -0.4 is 5.32 Å². The molecule has 1 amide bonds. The second kappa shape index (κ2) is 7.93. The Balaban J connectivity index is 1.54. The van der Waals surface area contributed by atoms with Gasteiger partial charge in [0.2, 0.25) is 15.9 Å². The zero-order chi connectivity index (χ0) is 19.7. The lowest BCUT2D eigenvalue weighted by atomic mass is 9.93. The number of nitrogens with zero attached hydrogens (tertiary/aromatic N) is 2. The van der Waals surface area contributed by atoms with Crippen LogP contribution in [0.2, 0.25) is 0 Å². The molecule has 2 heterocycles. The van der Waals surface area contributed by atoms with E-state index in [1.807, 2.05) is 0 Å². The van der Waals surface area contributed by atoms with Crippen LogP contribution in [0.4, 0.5) is 5.13 Å². The Kier molecular flexibility index (Phi) is 5.53. The minimum absolute atomic E-state index is 0.230. The molecular weight excluding hydrogens is 394 g/mol. The molecule has 8 heteroatoms. The van der Waals surface area contributed by atoms with Crippen LogP contribution in [-0.4, -0.2) is 36.2 Å². The Hall–Kier alpha value is -1.77. The number of hydrogen-bond donors (Lipinski definition) is 1. The topological polar surface area (TPSA) is 79.4 Å². The summed E-state index contributed by atoms with van der Waals surface area (Å²) in [5.74, 6) is 0.361. The number of aryl methyl sites for hydroxylation is 1. The number of thiazole rings is 1. The van der Waals surface area contributed by atoms with Crippen LogP contribution in [0.15, 0.2) is 35.2 Å². The molecule has 1 aliphatic carbocycles. The first-order valence-corrected chi connectivity index (χ1v) is 12.1. The molecule has 1 fully saturated rings. The first kappa shape index (κ1) is 19.5. The second-order valence-corrected chi connectivity index (χ2v) is 10.6. The fraction of sp³-hybridized carbons (Fsp3) is 0.500. The maximum atomic E-state index is 13.1. The summed E-state index contributed by atoms with van der Waals surface area (Å²) in [5.41, 5.74) is 1.08. The molecule has 0 unspecified atom stereocenters. The van der Waals surface area contributed by atoms with E-state index >= 15 is 0 Å². The molecule has 28 heavy (non-hydrogen) atoms. The van der Waals surface area contributed by atoms with Crippen LogP contribution in [0.3, 0.4) is 0 Å². The largest absolute Gasteiger partial charge is 0.301 e. The zero-order valence-electron chi connectivity index (χ0n) is 15.9. The Morgan fingerprint density at radius 3 is 2.79 bits per heavy atom. The fourth-order valence-electron chi connectivity index (χ4n) is 3.96. The highest BCUT2D eigenvalue weighted by molar-refractivity contribution is 7.89. The van der Waals surface area contributed by atoms with Crippen molar-refractivity contribution in [2.75, 3.05) is 11.9 Å². The maximum Gasteiger partial charge on any atom is 0.244 e. The number of aromatic nitrogens is 1. The van der Waals surface area contributed by atoms with Crippen molar-refractivity contribution in [2.24, 2.45) is 5.92 Å². The van der Waals surface area contributed by atoms with E-state index in [9.17, 15) is 13.2 Å². The van der Waals surface area contributed by atoms with Gasteiger partial charge < -0.3 is 5.32 Å². The summed E-state index contributed by atoms with van der Waals surface area (Å²) in [6.45, 7) is 2.59. The van der Waals surface area contributed by atoms with Gasteiger partial charge in [-0.05, 0) is 50.2 Å². The molecule has 0 radical (unpaired) electrons. The molecule has 150 valence electrons. The van der Waals surface area contributed by atoms with Gasteiger partial charge in [-0.1, -0.05) is 31.5 Å². The summed E-state index contributed by atoms with van der Waals surface area (Å²) in [6.07, 6.45) is 5.20. The standard InChI is InChI=1S/C20H25N3O3S2/c1-14-10-11-16-18(13-14)27-20(21-16)22-19(24)17-9-5-6-12-23(17)28(25,26)15-7-3-2-4-8-15/h2-4,7-8,14,17H,5-6,9-13H2,1H3,(H,21,22,24)/t14-,17+/m0/s1. The van der Waals surface area contributed by atoms with E-state index in [4.69, 9.17) is 0 Å². The van der Waals surface area contributed by atoms with Crippen molar-refractivity contribution in [1.29, 1.82) is 0 Å². The Labute approximate surface area is 170 Å². The normalized spacial score (nSPS) is 23.2. The van der Waals surface area contributed by atoms with Crippen LogP contribution in [0.1, 0.15) is 43.2 Å². The molecule has 1 aliphatic heterocycles. The number of amides is 1. The van der Waals surface area contributed by atoms with Gasteiger partial charge in [-0.15, -0.1) is 11.3 Å². The summed E-state index contributed by atoms with van der Waals surface area (Å²) in [5, 5.41) is 3.49. The molecule has 1 aromatic heterocycles. The van der Waals surface area contributed by atoms with E-state index in [-0.39, 0.29) is 10.8 Å². The first-order chi connectivity index (χ1) is 13.4. The maximum absolute atomic E-state index is 13.1. The number of nitrogens with one attached hydrogen (secondary N) is 1. The highest BCUT2D eigenvalue weighted by Crippen LogP contribution is 2.33. The molecule has 0 bridgehead atoms. The van der Waals surface area contributed by atoms with Crippen LogP contribution in [-0.2, 0) is 27.7 Å². The molecule has 0 spiro atoms. The van der Waals surface area contributed by atoms with Crippen molar-refractivity contribution in [3.63, 3.8) is 0 Å². The van der Waals surface area contributed by atoms with Crippen LogP contribution in [0.5, 0.6) is 0 Å². The summed E-state index contributed by atoms with van der Waals surface area (Å²) in [4.78, 5) is 19.0. The van der Waals surface area contributed by atoms with Gasteiger partial charge >= 0.3 is 0 Å². The third-order valence-electron chi connectivity index (χ3n) is 5.52. The van der Waals surface area contributed by atoms with Gasteiger partial charge in [-0.2, -0.15) is 4.31 Å². The number of carbonyl (C=O) groups is 1. The average Bonchev–Trinajstić information content (AvgIpc) is 3.10. The molecular formula is C20H25N3O3S2. The zero-order valence-corrected chi connectivity index (χ0v) is 17.6. The highest BCUT2D eigenvalue weighted by Gasteiger charge is 2.38. The number of anilines is 1. The quantitative estimate of drug-likeness (QED) is 0.823.